The molecule has 0 aromatic rings. The first-order chi connectivity index (χ1) is 14.7. The van der Waals surface area contributed by atoms with Crippen molar-refractivity contribution in [3.05, 3.63) is 0 Å². The maximum atomic E-state index is 11.7. The second kappa shape index (κ2) is 20.4. The Bertz CT molecular complexity index is 439. The second-order valence-electron chi connectivity index (χ2n) is 7.04. The highest BCUT2D eigenvalue weighted by atomic mass is 127. The minimum Gasteiger partial charge on any atom is -0.379 e. The SMILES string of the molecule is O=C(I)NCCOCCOCCNC(=O)CCOCCOCCNC1CCCCC1. The molecule has 1 rings (SSSR count). The Morgan fingerprint density at radius 2 is 1.23 bits per heavy atom. The van der Waals surface area contributed by atoms with E-state index in [2.05, 4.69) is 16.0 Å². The van der Waals surface area contributed by atoms with Crippen LogP contribution in [0.3, 0.4) is 0 Å². The highest BCUT2D eigenvalue weighted by molar-refractivity contribution is 14.1. The van der Waals surface area contributed by atoms with Gasteiger partial charge in [-0.3, -0.25) is 9.59 Å². The molecule has 0 saturated heterocycles. The number of amides is 2. The predicted octanol–water partition coefficient (Wildman–Crippen LogP) is 1.63. The lowest BCUT2D eigenvalue weighted by molar-refractivity contribution is -0.122. The summed E-state index contributed by atoms with van der Waals surface area (Å²) in [5.74, 6) is -0.0537. The smallest absolute Gasteiger partial charge is 0.280 e. The Kier molecular flexibility index (Phi) is 18.7. The molecule has 1 aliphatic carbocycles. The van der Waals surface area contributed by atoms with Crippen LogP contribution in [0.4, 0.5) is 4.79 Å². The van der Waals surface area contributed by atoms with Crippen LogP contribution in [-0.4, -0.2) is 88.4 Å². The highest BCUT2D eigenvalue weighted by Crippen LogP contribution is 2.16. The molecule has 0 spiro atoms. The fourth-order valence-corrected chi connectivity index (χ4v) is 3.29. The lowest BCUT2D eigenvalue weighted by atomic mass is 9.96. The van der Waals surface area contributed by atoms with Gasteiger partial charge < -0.3 is 34.9 Å². The number of ether oxygens (including phenoxy) is 4. The topological polar surface area (TPSA) is 107 Å². The Balaban J connectivity index is 1.73. The third kappa shape index (κ3) is 18.3. The largest absolute Gasteiger partial charge is 0.379 e. The molecule has 30 heavy (non-hydrogen) atoms. The Hall–Kier alpha value is -0.530. The van der Waals surface area contributed by atoms with Gasteiger partial charge in [-0.25, -0.2) is 0 Å². The van der Waals surface area contributed by atoms with Gasteiger partial charge in [0.15, 0.2) is 0 Å². The van der Waals surface area contributed by atoms with Crippen molar-refractivity contribution in [1.29, 1.82) is 0 Å². The van der Waals surface area contributed by atoms with Gasteiger partial charge in [-0.05, 0) is 12.8 Å². The zero-order chi connectivity index (χ0) is 21.7. The van der Waals surface area contributed by atoms with Crippen LogP contribution in [0, 0.1) is 0 Å². The molecule has 176 valence electrons. The lowest BCUT2D eigenvalue weighted by Gasteiger charge is -2.22. The van der Waals surface area contributed by atoms with Gasteiger partial charge in [0.1, 0.15) is 0 Å². The summed E-state index contributed by atoms with van der Waals surface area (Å²) in [5.41, 5.74) is 0. The van der Waals surface area contributed by atoms with E-state index in [4.69, 9.17) is 18.9 Å². The predicted molar refractivity (Wildman–Crippen MR) is 123 cm³/mol. The van der Waals surface area contributed by atoms with E-state index in [-0.39, 0.29) is 9.82 Å². The summed E-state index contributed by atoms with van der Waals surface area (Å²) in [6.45, 7) is 5.77. The maximum Gasteiger partial charge on any atom is 0.280 e. The van der Waals surface area contributed by atoms with Crippen molar-refractivity contribution in [1.82, 2.24) is 16.0 Å². The van der Waals surface area contributed by atoms with Crippen LogP contribution in [0.15, 0.2) is 0 Å². The molecule has 1 saturated carbocycles. The van der Waals surface area contributed by atoms with Crippen LogP contribution in [0.2, 0.25) is 0 Å². The summed E-state index contributed by atoms with van der Waals surface area (Å²) >= 11 is 1.68. The monoisotopic (exact) mass is 543 g/mol. The first kappa shape index (κ1) is 27.5. The normalized spacial score (nSPS) is 14.6. The standard InChI is InChI=1S/C20H38IN3O6/c21-20(26)24-9-13-30-17-16-29-12-8-23-19(25)6-10-27-14-15-28-11-7-22-18-4-2-1-3-5-18/h18,22H,1-17H2,(H,23,25)(H,24,26). The van der Waals surface area contributed by atoms with Crippen molar-refractivity contribution >= 4 is 32.4 Å². The van der Waals surface area contributed by atoms with Gasteiger partial charge in [0.2, 0.25) is 5.91 Å². The molecule has 0 aromatic carbocycles. The minimum atomic E-state index is -0.0977. The van der Waals surface area contributed by atoms with E-state index >= 15 is 0 Å². The minimum absolute atomic E-state index is 0.0537. The van der Waals surface area contributed by atoms with E-state index < -0.39 is 0 Å². The maximum absolute atomic E-state index is 11.7. The van der Waals surface area contributed by atoms with Crippen molar-refractivity contribution in [3.63, 3.8) is 0 Å². The zero-order valence-corrected chi connectivity index (χ0v) is 20.1. The Labute approximate surface area is 193 Å². The van der Waals surface area contributed by atoms with Crippen LogP contribution in [0.1, 0.15) is 38.5 Å². The summed E-state index contributed by atoms with van der Waals surface area (Å²) in [6.07, 6.45) is 6.94. The van der Waals surface area contributed by atoms with Crippen LogP contribution in [0.25, 0.3) is 0 Å². The molecule has 0 radical (unpaired) electrons. The molecule has 1 fully saturated rings. The average Bonchev–Trinajstić information content (AvgIpc) is 2.74. The third-order valence-corrected chi connectivity index (χ3v) is 4.96. The Morgan fingerprint density at radius 3 is 1.83 bits per heavy atom. The van der Waals surface area contributed by atoms with Crippen LogP contribution < -0.4 is 16.0 Å². The quantitative estimate of drug-likeness (QED) is 0.0985. The Morgan fingerprint density at radius 1 is 0.700 bits per heavy atom. The van der Waals surface area contributed by atoms with E-state index in [0.29, 0.717) is 78.4 Å². The summed E-state index contributed by atoms with van der Waals surface area (Å²) < 4.78 is 21.5. The van der Waals surface area contributed by atoms with E-state index in [1.165, 1.54) is 32.1 Å². The molecule has 0 atom stereocenters. The molecule has 0 bridgehead atoms. The number of nitrogens with one attached hydrogen (secondary N) is 3. The van der Waals surface area contributed by atoms with Gasteiger partial charge in [-0.15, -0.1) is 0 Å². The van der Waals surface area contributed by atoms with Gasteiger partial charge >= 0.3 is 0 Å². The van der Waals surface area contributed by atoms with Gasteiger partial charge in [0.05, 0.1) is 52.9 Å². The van der Waals surface area contributed by atoms with Crippen LogP contribution in [-0.2, 0) is 23.7 Å². The number of carbonyl (C=O) groups is 2. The number of halogens is 1. The van der Waals surface area contributed by atoms with Gasteiger partial charge in [-0.1, -0.05) is 19.3 Å². The third-order valence-electron chi connectivity index (χ3n) is 4.58. The second-order valence-corrected chi connectivity index (χ2v) is 8.02. The summed E-state index contributed by atoms with van der Waals surface area (Å²) in [4.78, 5) is 22.3. The van der Waals surface area contributed by atoms with E-state index in [1.54, 1.807) is 22.6 Å². The molecular formula is C20H38IN3O6. The molecule has 0 unspecified atom stereocenters. The van der Waals surface area contributed by atoms with Crippen molar-refractivity contribution in [2.24, 2.45) is 0 Å². The van der Waals surface area contributed by atoms with E-state index in [9.17, 15) is 9.59 Å². The molecule has 3 N–H and O–H groups in total. The number of hydrogen-bond acceptors (Lipinski definition) is 7. The highest BCUT2D eigenvalue weighted by Gasteiger charge is 2.11. The molecule has 10 heteroatoms. The number of rotatable bonds is 19. The molecular weight excluding hydrogens is 505 g/mol. The summed E-state index contributed by atoms with van der Waals surface area (Å²) in [5, 5.41) is 8.95. The van der Waals surface area contributed by atoms with E-state index in [0.717, 1.165) is 6.54 Å². The fourth-order valence-electron chi connectivity index (χ4n) is 3.02. The molecule has 1 aliphatic rings. The van der Waals surface area contributed by atoms with Gasteiger partial charge in [0.25, 0.3) is 3.91 Å². The van der Waals surface area contributed by atoms with Crippen molar-refractivity contribution in [2.75, 3.05) is 72.5 Å². The molecule has 9 nitrogen and oxygen atoms in total. The first-order valence-electron chi connectivity index (χ1n) is 10.9. The van der Waals surface area contributed by atoms with Crippen molar-refractivity contribution < 1.29 is 28.5 Å². The van der Waals surface area contributed by atoms with Crippen molar-refractivity contribution in [2.45, 2.75) is 44.6 Å². The summed E-state index contributed by atoms with van der Waals surface area (Å²) in [7, 11) is 0. The molecule has 0 aliphatic heterocycles. The van der Waals surface area contributed by atoms with Gasteiger partial charge in [0, 0.05) is 54.7 Å². The first-order valence-corrected chi connectivity index (χ1v) is 12.0. The molecule has 0 aromatic heterocycles. The molecule has 2 amide bonds. The van der Waals surface area contributed by atoms with Crippen LogP contribution >= 0.6 is 22.6 Å². The van der Waals surface area contributed by atoms with Crippen LogP contribution in [0.5, 0.6) is 0 Å². The van der Waals surface area contributed by atoms with Gasteiger partial charge in [-0.2, -0.15) is 0 Å². The number of carbonyl (C=O) groups excluding carboxylic acids is 2. The molecule has 0 heterocycles. The zero-order valence-electron chi connectivity index (χ0n) is 17.9. The number of hydrogen-bond donors (Lipinski definition) is 3. The average molecular weight is 543 g/mol. The van der Waals surface area contributed by atoms with Crippen molar-refractivity contribution in [3.8, 4) is 0 Å². The van der Waals surface area contributed by atoms with E-state index in [1.807, 2.05) is 0 Å². The summed E-state index contributed by atoms with van der Waals surface area (Å²) in [6, 6.07) is 0.664. The fraction of sp³-hybridized carbons (Fsp3) is 0.900. The lowest BCUT2D eigenvalue weighted by Crippen LogP contribution is -2.33.